The summed E-state index contributed by atoms with van der Waals surface area (Å²) in [5.74, 6) is 0.487. The molecule has 0 atom stereocenters. The number of fused-ring (bicyclic) bond motifs is 1. The van der Waals surface area contributed by atoms with Crippen LogP contribution in [0.3, 0.4) is 0 Å². The van der Waals surface area contributed by atoms with Gasteiger partial charge in [0.15, 0.2) is 0 Å². The number of carbonyl (C=O) groups is 1. The van der Waals surface area contributed by atoms with E-state index in [1.165, 1.54) is 6.92 Å². The second-order valence-corrected chi connectivity index (χ2v) is 4.73. The third-order valence-corrected chi connectivity index (χ3v) is 3.15. The maximum Gasteiger partial charge on any atom is 0.221 e. The molecule has 21 heavy (non-hydrogen) atoms. The van der Waals surface area contributed by atoms with Crippen molar-refractivity contribution in [2.45, 2.75) is 6.92 Å². The molecule has 0 fully saturated rings. The van der Waals surface area contributed by atoms with E-state index in [1.54, 1.807) is 28.7 Å². The zero-order chi connectivity index (χ0) is 15.0. The number of amides is 1. The van der Waals surface area contributed by atoms with Gasteiger partial charge in [0.25, 0.3) is 0 Å². The minimum atomic E-state index is -0.150. The van der Waals surface area contributed by atoms with Gasteiger partial charge in [-0.2, -0.15) is 10.2 Å². The van der Waals surface area contributed by atoms with Crippen molar-refractivity contribution in [3.63, 3.8) is 0 Å². The van der Waals surface area contributed by atoms with E-state index in [1.807, 2.05) is 25.5 Å². The maximum atomic E-state index is 11.2. The average Bonchev–Trinajstić information content (AvgIpc) is 3.04. The molecule has 0 bridgehead atoms. The molecule has 0 spiro atoms. The number of ether oxygens (including phenoxy) is 1. The fraction of sp³-hybridized carbons (Fsp3) is 0.214. The Kier molecular flexibility index (Phi) is 3.09. The minimum absolute atomic E-state index is 0.150. The molecule has 7 heteroatoms. The fourth-order valence-electron chi connectivity index (χ4n) is 2.25. The Bertz CT molecular complexity index is 818. The third-order valence-electron chi connectivity index (χ3n) is 3.15. The summed E-state index contributed by atoms with van der Waals surface area (Å²) in [5.41, 5.74) is 3.25. The molecule has 3 heterocycles. The van der Waals surface area contributed by atoms with Gasteiger partial charge in [-0.1, -0.05) is 0 Å². The van der Waals surface area contributed by atoms with Crippen molar-refractivity contribution in [2.75, 3.05) is 12.4 Å². The van der Waals surface area contributed by atoms with E-state index < -0.39 is 0 Å². The molecule has 7 nitrogen and oxygen atoms in total. The fourth-order valence-corrected chi connectivity index (χ4v) is 2.25. The van der Waals surface area contributed by atoms with Crippen LogP contribution in [0, 0.1) is 0 Å². The Morgan fingerprint density at radius 3 is 2.67 bits per heavy atom. The molecule has 0 aliphatic heterocycles. The van der Waals surface area contributed by atoms with Crippen LogP contribution in [-0.2, 0) is 11.8 Å². The molecule has 3 rings (SSSR count). The highest BCUT2D eigenvalue weighted by atomic mass is 16.5. The SMILES string of the molecule is COc1cc(-c2cnn(C)c2)cn2ncc(NC(C)=O)c12. The summed E-state index contributed by atoms with van der Waals surface area (Å²) in [4.78, 5) is 11.2. The van der Waals surface area contributed by atoms with E-state index in [2.05, 4.69) is 15.5 Å². The van der Waals surface area contributed by atoms with Gasteiger partial charge in [0.2, 0.25) is 5.91 Å². The molecule has 1 N–H and O–H groups in total. The quantitative estimate of drug-likeness (QED) is 0.795. The van der Waals surface area contributed by atoms with E-state index in [9.17, 15) is 4.79 Å². The van der Waals surface area contributed by atoms with E-state index in [0.29, 0.717) is 11.4 Å². The molecule has 0 aromatic carbocycles. The van der Waals surface area contributed by atoms with Gasteiger partial charge in [-0.05, 0) is 6.07 Å². The molecule has 3 aromatic rings. The standard InChI is InChI=1S/C14H15N5O2/c1-9(20)17-12-6-16-19-8-10(4-13(21-3)14(12)19)11-5-15-18(2)7-11/h4-8H,1-3H3,(H,17,20). The molecular formula is C14H15N5O2. The number of rotatable bonds is 3. The lowest BCUT2D eigenvalue weighted by molar-refractivity contribution is -0.114. The molecule has 1 amide bonds. The maximum absolute atomic E-state index is 11.2. The topological polar surface area (TPSA) is 73.5 Å². The van der Waals surface area contributed by atoms with Crippen LogP contribution in [0.4, 0.5) is 5.69 Å². The van der Waals surface area contributed by atoms with Gasteiger partial charge in [-0.15, -0.1) is 0 Å². The van der Waals surface area contributed by atoms with E-state index in [-0.39, 0.29) is 5.91 Å². The summed E-state index contributed by atoms with van der Waals surface area (Å²) in [6.45, 7) is 1.46. The zero-order valence-corrected chi connectivity index (χ0v) is 12.0. The number of aromatic nitrogens is 4. The Morgan fingerprint density at radius 2 is 2.05 bits per heavy atom. The van der Waals surface area contributed by atoms with E-state index in [4.69, 9.17) is 4.74 Å². The van der Waals surface area contributed by atoms with Gasteiger partial charge in [0, 0.05) is 37.5 Å². The van der Waals surface area contributed by atoms with Crippen molar-refractivity contribution in [2.24, 2.45) is 7.05 Å². The molecular weight excluding hydrogens is 270 g/mol. The highest BCUT2D eigenvalue weighted by molar-refractivity contribution is 5.95. The zero-order valence-electron chi connectivity index (χ0n) is 12.0. The van der Waals surface area contributed by atoms with Crippen LogP contribution < -0.4 is 10.1 Å². The Hall–Kier alpha value is -2.83. The smallest absolute Gasteiger partial charge is 0.221 e. The molecule has 3 aromatic heterocycles. The molecule has 0 saturated carbocycles. The largest absolute Gasteiger partial charge is 0.494 e. The highest BCUT2D eigenvalue weighted by Crippen LogP contribution is 2.31. The van der Waals surface area contributed by atoms with Crippen molar-refractivity contribution in [3.8, 4) is 16.9 Å². The summed E-state index contributed by atoms with van der Waals surface area (Å²) in [5, 5.41) is 11.2. The summed E-state index contributed by atoms with van der Waals surface area (Å²) in [6.07, 6.45) is 7.17. The Balaban J connectivity index is 2.17. The van der Waals surface area contributed by atoms with Crippen LogP contribution in [0.15, 0.2) is 30.9 Å². The van der Waals surface area contributed by atoms with Crippen molar-refractivity contribution in [3.05, 3.63) is 30.9 Å². The van der Waals surface area contributed by atoms with Crippen molar-refractivity contribution in [1.82, 2.24) is 19.4 Å². The van der Waals surface area contributed by atoms with E-state index in [0.717, 1.165) is 16.6 Å². The Morgan fingerprint density at radius 1 is 1.24 bits per heavy atom. The van der Waals surface area contributed by atoms with Gasteiger partial charge in [0.1, 0.15) is 11.3 Å². The number of methoxy groups -OCH3 is 1. The first-order chi connectivity index (χ1) is 10.1. The first kappa shape index (κ1) is 13.2. The van der Waals surface area contributed by atoms with Crippen molar-refractivity contribution < 1.29 is 9.53 Å². The van der Waals surface area contributed by atoms with Crippen LogP contribution in [0.2, 0.25) is 0 Å². The molecule has 0 unspecified atom stereocenters. The number of aryl methyl sites for hydroxylation is 1. The molecule has 0 radical (unpaired) electrons. The average molecular weight is 285 g/mol. The number of carbonyl (C=O) groups excluding carboxylic acids is 1. The first-order valence-electron chi connectivity index (χ1n) is 6.40. The number of hydrogen-bond donors (Lipinski definition) is 1. The lowest BCUT2D eigenvalue weighted by Crippen LogP contribution is -2.05. The van der Waals surface area contributed by atoms with Gasteiger partial charge in [0.05, 0.1) is 25.2 Å². The van der Waals surface area contributed by atoms with Crippen LogP contribution >= 0.6 is 0 Å². The number of hydrogen-bond acceptors (Lipinski definition) is 4. The van der Waals surface area contributed by atoms with Gasteiger partial charge in [-0.25, -0.2) is 4.52 Å². The molecule has 0 aliphatic carbocycles. The van der Waals surface area contributed by atoms with Gasteiger partial charge in [-0.3, -0.25) is 9.48 Å². The van der Waals surface area contributed by atoms with Crippen molar-refractivity contribution >= 4 is 17.1 Å². The van der Waals surface area contributed by atoms with Gasteiger partial charge < -0.3 is 10.1 Å². The lowest BCUT2D eigenvalue weighted by atomic mass is 10.1. The molecule has 108 valence electrons. The molecule has 0 aliphatic rings. The number of pyridine rings is 1. The van der Waals surface area contributed by atoms with Crippen LogP contribution in [0.25, 0.3) is 16.6 Å². The summed E-state index contributed by atoms with van der Waals surface area (Å²) in [6, 6.07) is 1.90. The van der Waals surface area contributed by atoms with Crippen LogP contribution in [0.1, 0.15) is 6.92 Å². The third kappa shape index (κ3) is 2.33. The Labute approximate surface area is 121 Å². The number of nitrogens with one attached hydrogen (secondary N) is 1. The second-order valence-electron chi connectivity index (χ2n) is 4.73. The summed E-state index contributed by atoms with van der Waals surface area (Å²) >= 11 is 0. The van der Waals surface area contributed by atoms with Crippen molar-refractivity contribution in [1.29, 1.82) is 0 Å². The summed E-state index contributed by atoms with van der Waals surface area (Å²) in [7, 11) is 3.45. The predicted octanol–water partition coefficient (Wildman–Crippen LogP) is 1.70. The lowest BCUT2D eigenvalue weighted by Gasteiger charge is -2.08. The molecule has 0 saturated heterocycles. The number of nitrogens with zero attached hydrogens (tertiary/aromatic N) is 4. The van der Waals surface area contributed by atoms with Crippen LogP contribution in [0.5, 0.6) is 5.75 Å². The summed E-state index contributed by atoms with van der Waals surface area (Å²) < 4.78 is 8.86. The highest BCUT2D eigenvalue weighted by Gasteiger charge is 2.14. The minimum Gasteiger partial charge on any atom is -0.494 e. The van der Waals surface area contributed by atoms with Crippen LogP contribution in [-0.4, -0.2) is 32.4 Å². The monoisotopic (exact) mass is 285 g/mol. The van der Waals surface area contributed by atoms with E-state index >= 15 is 0 Å². The van der Waals surface area contributed by atoms with Gasteiger partial charge >= 0.3 is 0 Å². The predicted molar refractivity (Wildman–Crippen MR) is 78.2 cm³/mol. The first-order valence-corrected chi connectivity index (χ1v) is 6.40. The normalized spacial score (nSPS) is 10.8. The second kappa shape index (κ2) is 4.93. The number of anilines is 1.